The molecular weight excluding hydrogens is 323 g/mol. The molecule has 4 nitrogen and oxygen atoms in total. The van der Waals surface area contributed by atoms with Crippen LogP contribution in [0.3, 0.4) is 0 Å². The molecule has 0 saturated heterocycles. The van der Waals surface area contributed by atoms with Gasteiger partial charge in [0.05, 0.1) is 21.8 Å². The summed E-state index contributed by atoms with van der Waals surface area (Å²) in [6, 6.07) is 8.98. The van der Waals surface area contributed by atoms with Crippen molar-refractivity contribution in [1.82, 2.24) is 15.0 Å². The number of thiazole rings is 1. The number of hydrogen-bond acceptors (Lipinski definition) is 5. The van der Waals surface area contributed by atoms with Gasteiger partial charge in [-0.15, -0.1) is 11.3 Å². The minimum absolute atomic E-state index is 0.275. The van der Waals surface area contributed by atoms with Crippen molar-refractivity contribution in [3.8, 4) is 21.8 Å². The Labute approximate surface area is 143 Å². The van der Waals surface area contributed by atoms with Gasteiger partial charge >= 0.3 is 0 Å². The van der Waals surface area contributed by atoms with E-state index in [1.54, 1.807) is 23.8 Å². The molecule has 0 amide bonds. The minimum Gasteiger partial charge on any atom is -0.351 e. The van der Waals surface area contributed by atoms with Crippen molar-refractivity contribution in [2.75, 3.05) is 5.32 Å². The number of nitrogens with one attached hydrogen (secondary N) is 1. The molecule has 0 aliphatic heterocycles. The van der Waals surface area contributed by atoms with Crippen molar-refractivity contribution < 1.29 is 4.39 Å². The molecule has 0 atom stereocenters. The minimum atomic E-state index is -0.275. The maximum atomic E-state index is 14.1. The highest BCUT2D eigenvalue weighted by atomic mass is 32.1. The van der Waals surface area contributed by atoms with Gasteiger partial charge in [0.1, 0.15) is 5.82 Å². The molecule has 24 heavy (non-hydrogen) atoms. The Morgan fingerprint density at radius 3 is 2.75 bits per heavy atom. The third-order valence-corrected chi connectivity index (χ3v) is 5.12. The molecule has 122 valence electrons. The van der Waals surface area contributed by atoms with E-state index in [4.69, 9.17) is 0 Å². The van der Waals surface area contributed by atoms with Gasteiger partial charge < -0.3 is 5.32 Å². The van der Waals surface area contributed by atoms with E-state index in [-0.39, 0.29) is 5.82 Å². The van der Waals surface area contributed by atoms with Crippen LogP contribution in [0.5, 0.6) is 0 Å². The molecule has 0 spiro atoms. The number of halogens is 1. The number of nitrogens with zero attached hydrogens (tertiary/aromatic N) is 3. The summed E-state index contributed by atoms with van der Waals surface area (Å²) in [4.78, 5) is 14.2. The summed E-state index contributed by atoms with van der Waals surface area (Å²) < 4.78 is 14.1. The van der Waals surface area contributed by atoms with Crippen LogP contribution in [0.15, 0.2) is 42.0 Å². The van der Waals surface area contributed by atoms with Crippen LogP contribution in [0.1, 0.15) is 25.7 Å². The first-order valence-corrected chi connectivity index (χ1v) is 8.97. The maximum Gasteiger partial charge on any atom is 0.223 e. The Hall–Kier alpha value is -2.34. The Bertz CT molecular complexity index is 842. The van der Waals surface area contributed by atoms with Gasteiger partial charge in [0.2, 0.25) is 5.95 Å². The van der Waals surface area contributed by atoms with Crippen molar-refractivity contribution in [2.45, 2.75) is 31.7 Å². The lowest BCUT2D eigenvalue weighted by atomic mass is 10.1. The highest BCUT2D eigenvalue weighted by Crippen LogP contribution is 2.35. The number of aromatic nitrogens is 3. The van der Waals surface area contributed by atoms with E-state index in [1.165, 1.54) is 30.2 Å². The molecule has 4 rings (SSSR count). The zero-order valence-corrected chi connectivity index (χ0v) is 13.9. The topological polar surface area (TPSA) is 50.7 Å². The van der Waals surface area contributed by atoms with Crippen molar-refractivity contribution in [2.24, 2.45) is 0 Å². The smallest absolute Gasteiger partial charge is 0.223 e. The molecular formula is C18H17FN4S. The highest BCUT2D eigenvalue weighted by Gasteiger charge is 2.18. The molecule has 3 aromatic rings. The van der Waals surface area contributed by atoms with Gasteiger partial charge in [0.15, 0.2) is 0 Å². The van der Waals surface area contributed by atoms with Crippen LogP contribution < -0.4 is 5.32 Å². The summed E-state index contributed by atoms with van der Waals surface area (Å²) in [5, 5.41) is 3.40. The molecule has 0 radical (unpaired) electrons. The van der Waals surface area contributed by atoms with Gasteiger partial charge in [-0.1, -0.05) is 25.0 Å². The summed E-state index contributed by atoms with van der Waals surface area (Å²) in [5.74, 6) is 0.357. The van der Waals surface area contributed by atoms with Crippen LogP contribution in [0.25, 0.3) is 21.8 Å². The normalized spacial score (nSPS) is 14.9. The third kappa shape index (κ3) is 3.01. The van der Waals surface area contributed by atoms with Gasteiger partial charge in [0.25, 0.3) is 0 Å². The Morgan fingerprint density at radius 1 is 1.08 bits per heavy atom. The number of hydrogen-bond donors (Lipinski definition) is 1. The molecule has 6 heteroatoms. The van der Waals surface area contributed by atoms with Crippen LogP contribution in [0.2, 0.25) is 0 Å². The first-order valence-electron chi connectivity index (χ1n) is 8.09. The van der Waals surface area contributed by atoms with E-state index < -0.39 is 0 Å². The molecule has 0 bridgehead atoms. The predicted molar refractivity (Wildman–Crippen MR) is 94.4 cm³/mol. The lowest BCUT2D eigenvalue weighted by Gasteiger charge is -2.12. The van der Waals surface area contributed by atoms with Crippen LogP contribution in [0.4, 0.5) is 10.3 Å². The maximum absolute atomic E-state index is 14.1. The quantitative estimate of drug-likeness (QED) is 0.744. The largest absolute Gasteiger partial charge is 0.351 e. The van der Waals surface area contributed by atoms with Crippen molar-refractivity contribution in [3.05, 3.63) is 47.9 Å². The van der Waals surface area contributed by atoms with E-state index in [2.05, 4.69) is 20.3 Å². The highest BCUT2D eigenvalue weighted by molar-refractivity contribution is 7.13. The van der Waals surface area contributed by atoms with E-state index in [0.717, 1.165) is 23.4 Å². The van der Waals surface area contributed by atoms with Gasteiger partial charge in [-0.05, 0) is 31.0 Å². The fourth-order valence-electron chi connectivity index (χ4n) is 3.08. The number of benzene rings is 1. The van der Waals surface area contributed by atoms with E-state index in [0.29, 0.717) is 23.2 Å². The Kier molecular flexibility index (Phi) is 4.21. The van der Waals surface area contributed by atoms with Crippen LogP contribution >= 0.6 is 11.3 Å². The molecule has 1 N–H and O–H groups in total. The van der Waals surface area contributed by atoms with E-state index >= 15 is 0 Å². The molecule has 1 aliphatic rings. The monoisotopic (exact) mass is 340 g/mol. The van der Waals surface area contributed by atoms with Gasteiger partial charge in [-0.25, -0.2) is 19.3 Å². The second-order valence-corrected chi connectivity index (χ2v) is 6.76. The lowest BCUT2D eigenvalue weighted by Crippen LogP contribution is -2.16. The van der Waals surface area contributed by atoms with Gasteiger partial charge in [-0.3, -0.25) is 0 Å². The lowest BCUT2D eigenvalue weighted by molar-refractivity contribution is 0.631. The first-order chi connectivity index (χ1) is 11.8. The van der Waals surface area contributed by atoms with Crippen LogP contribution in [-0.4, -0.2) is 21.0 Å². The zero-order chi connectivity index (χ0) is 16.4. The van der Waals surface area contributed by atoms with Crippen molar-refractivity contribution in [3.63, 3.8) is 0 Å². The second kappa shape index (κ2) is 6.65. The first kappa shape index (κ1) is 15.2. The zero-order valence-electron chi connectivity index (χ0n) is 13.1. The summed E-state index contributed by atoms with van der Waals surface area (Å²) in [6.45, 7) is 0. The molecule has 1 fully saturated rings. The standard InChI is InChI=1S/C18H17FN4S/c19-14-8-4-3-7-13(14)16-17(24-11-21-16)15-9-10-20-18(23-15)22-12-5-1-2-6-12/h3-4,7-12H,1-2,5-6H2,(H,20,22,23). The summed E-state index contributed by atoms with van der Waals surface area (Å²) in [7, 11) is 0. The molecule has 2 aromatic heterocycles. The summed E-state index contributed by atoms with van der Waals surface area (Å²) >= 11 is 1.46. The van der Waals surface area contributed by atoms with Gasteiger partial charge in [0, 0.05) is 17.8 Å². The SMILES string of the molecule is Fc1ccccc1-c1ncsc1-c1ccnc(NC2CCCC2)n1. The average molecular weight is 340 g/mol. The van der Waals surface area contributed by atoms with E-state index in [1.807, 2.05) is 12.1 Å². The molecule has 0 unspecified atom stereocenters. The predicted octanol–water partition coefficient (Wildman–Crippen LogP) is 4.76. The Balaban J connectivity index is 1.67. The van der Waals surface area contributed by atoms with Crippen LogP contribution in [-0.2, 0) is 0 Å². The second-order valence-electron chi connectivity index (χ2n) is 5.90. The number of anilines is 1. The fraction of sp³-hybridized carbons (Fsp3) is 0.278. The average Bonchev–Trinajstić information content (AvgIpc) is 3.27. The number of rotatable bonds is 4. The molecule has 1 aromatic carbocycles. The summed E-state index contributed by atoms with van der Waals surface area (Å²) in [6.07, 6.45) is 6.57. The molecule has 2 heterocycles. The fourth-order valence-corrected chi connectivity index (χ4v) is 3.85. The third-order valence-electron chi connectivity index (χ3n) is 4.27. The van der Waals surface area contributed by atoms with Crippen molar-refractivity contribution in [1.29, 1.82) is 0 Å². The van der Waals surface area contributed by atoms with E-state index in [9.17, 15) is 4.39 Å². The van der Waals surface area contributed by atoms with Crippen LogP contribution in [0, 0.1) is 5.82 Å². The Morgan fingerprint density at radius 2 is 1.92 bits per heavy atom. The van der Waals surface area contributed by atoms with Gasteiger partial charge in [-0.2, -0.15) is 0 Å². The molecule has 1 aliphatic carbocycles. The summed E-state index contributed by atoms with van der Waals surface area (Å²) in [5.41, 5.74) is 3.62. The molecule has 1 saturated carbocycles. The van der Waals surface area contributed by atoms with Crippen molar-refractivity contribution >= 4 is 17.3 Å².